The van der Waals surface area contributed by atoms with E-state index in [-0.39, 0.29) is 18.4 Å². The molecule has 0 unspecified atom stereocenters. The van der Waals surface area contributed by atoms with Gasteiger partial charge in [-0.25, -0.2) is 0 Å². The van der Waals surface area contributed by atoms with E-state index in [1.165, 1.54) is 0 Å². The van der Waals surface area contributed by atoms with Crippen LogP contribution in [0.15, 0.2) is 24.3 Å². The minimum atomic E-state index is -0.431. The molecule has 0 fully saturated rings. The minimum absolute atomic E-state index is 0.0422. The Morgan fingerprint density at radius 3 is 1.89 bits per heavy atom. The molecule has 0 saturated carbocycles. The molecule has 3 N–H and O–H groups in total. The van der Waals surface area contributed by atoms with E-state index in [2.05, 4.69) is 16.0 Å². The van der Waals surface area contributed by atoms with Crippen LogP contribution in [0, 0.1) is 5.41 Å². The summed E-state index contributed by atoms with van der Waals surface area (Å²) in [7, 11) is 1.71. The summed E-state index contributed by atoms with van der Waals surface area (Å²) in [6.07, 6.45) is 0. The van der Waals surface area contributed by atoms with Crippen LogP contribution in [-0.4, -0.2) is 25.4 Å². The lowest BCUT2D eigenvalue weighted by Crippen LogP contribution is -2.27. The largest absolute Gasteiger partial charge is 0.326 e. The Hall–Kier alpha value is -1.88. The molecule has 0 radical (unpaired) electrons. The van der Waals surface area contributed by atoms with Crippen LogP contribution in [0.2, 0.25) is 0 Å². The molecule has 0 aromatic heterocycles. The second-order valence-electron chi connectivity index (χ2n) is 5.36. The molecule has 2 amide bonds. The van der Waals surface area contributed by atoms with Crippen molar-refractivity contribution in [1.29, 1.82) is 0 Å². The molecular formula is C14H21N3O2. The van der Waals surface area contributed by atoms with Gasteiger partial charge >= 0.3 is 0 Å². The number of hydrogen-bond acceptors (Lipinski definition) is 3. The van der Waals surface area contributed by atoms with E-state index in [1.54, 1.807) is 31.3 Å². The Bertz CT molecular complexity index is 447. The number of carbonyl (C=O) groups is 2. The van der Waals surface area contributed by atoms with Gasteiger partial charge in [-0.1, -0.05) is 20.8 Å². The van der Waals surface area contributed by atoms with Gasteiger partial charge in [0.15, 0.2) is 0 Å². The topological polar surface area (TPSA) is 70.2 Å². The molecule has 1 aromatic carbocycles. The van der Waals surface area contributed by atoms with Crippen molar-refractivity contribution < 1.29 is 9.59 Å². The molecule has 0 aliphatic heterocycles. The predicted molar refractivity (Wildman–Crippen MR) is 77.1 cm³/mol. The van der Waals surface area contributed by atoms with Crippen LogP contribution in [0.5, 0.6) is 0 Å². The summed E-state index contributed by atoms with van der Waals surface area (Å²) in [6.45, 7) is 5.83. The second kappa shape index (κ2) is 6.33. The van der Waals surface area contributed by atoms with Gasteiger partial charge in [-0.05, 0) is 31.3 Å². The Morgan fingerprint density at radius 2 is 1.47 bits per heavy atom. The third-order valence-electron chi connectivity index (χ3n) is 2.45. The van der Waals surface area contributed by atoms with Gasteiger partial charge in [-0.2, -0.15) is 0 Å². The normalized spacial score (nSPS) is 10.9. The van der Waals surface area contributed by atoms with E-state index < -0.39 is 5.41 Å². The van der Waals surface area contributed by atoms with Gasteiger partial charge < -0.3 is 16.0 Å². The van der Waals surface area contributed by atoms with E-state index in [4.69, 9.17) is 0 Å². The van der Waals surface area contributed by atoms with Gasteiger partial charge in [0, 0.05) is 16.8 Å². The fourth-order valence-electron chi connectivity index (χ4n) is 1.32. The summed E-state index contributed by atoms with van der Waals surface area (Å²) in [5.74, 6) is -0.145. The zero-order chi connectivity index (χ0) is 14.5. The van der Waals surface area contributed by atoms with Gasteiger partial charge in [0.2, 0.25) is 11.8 Å². The molecular weight excluding hydrogens is 242 g/mol. The average Bonchev–Trinajstić information content (AvgIpc) is 2.30. The molecule has 5 nitrogen and oxygen atoms in total. The maximum Gasteiger partial charge on any atom is 0.238 e. The lowest BCUT2D eigenvalue weighted by molar-refractivity contribution is -0.123. The third-order valence-corrected chi connectivity index (χ3v) is 2.45. The lowest BCUT2D eigenvalue weighted by atomic mass is 9.95. The van der Waals surface area contributed by atoms with Crippen molar-refractivity contribution >= 4 is 23.2 Å². The third kappa shape index (κ3) is 5.09. The van der Waals surface area contributed by atoms with E-state index in [0.29, 0.717) is 11.4 Å². The van der Waals surface area contributed by atoms with E-state index in [0.717, 1.165) is 0 Å². The molecule has 19 heavy (non-hydrogen) atoms. The molecule has 1 aromatic rings. The zero-order valence-corrected chi connectivity index (χ0v) is 11.8. The first-order valence-electron chi connectivity index (χ1n) is 6.19. The Kier molecular flexibility index (Phi) is 5.06. The molecule has 0 bridgehead atoms. The van der Waals surface area contributed by atoms with Gasteiger partial charge in [0.1, 0.15) is 0 Å². The lowest BCUT2D eigenvalue weighted by Gasteiger charge is -2.17. The highest BCUT2D eigenvalue weighted by atomic mass is 16.2. The summed E-state index contributed by atoms with van der Waals surface area (Å²) in [5.41, 5.74) is 0.986. The standard InChI is InChI=1S/C14H21N3O2/c1-14(2,3)13(19)17-11-7-5-10(6-8-11)16-12(18)9-15-4/h5-8,15H,9H2,1-4H3,(H,16,18)(H,17,19). The molecule has 0 aliphatic carbocycles. The van der Waals surface area contributed by atoms with Gasteiger partial charge in [0.25, 0.3) is 0 Å². The molecule has 0 atom stereocenters. The SMILES string of the molecule is CNCC(=O)Nc1ccc(NC(=O)C(C)(C)C)cc1. The maximum absolute atomic E-state index is 11.8. The molecule has 5 heteroatoms. The highest BCUT2D eigenvalue weighted by Crippen LogP contribution is 2.18. The Morgan fingerprint density at radius 1 is 1.00 bits per heavy atom. The maximum atomic E-state index is 11.8. The van der Waals surface area contributed by atoms with Crippen molar-refractivity contribution in [2.45, 2.75) is 20.8 Å². The fourth-order valence-corrected chi connectivity index (χ4v) is 1.32. The molecule has 1 rings (SSSR count). The summed E-state index contributed by atoms with van der Waals surface area (Å²) in [6, 6.07) is 7.04. The van der Waals surface area contributed by atoms with Crippen LogP contribution in [0.1, 0.15) is 20.8 Å². The molecule has 0 aliphatic rings. The number of amides is 2. The number of anilines is 2. The van der Waals surface area contributed by atoms with Gasteiger partial charge in [-0.15, -0.1) is 0 Å². The predicted octanol–water partition coefficient (Wildman–Crippen LogP) is 1.83. The van der Waals surface area contributed by atoms with Crippen molar-refractivity contribution in [2.24, 2.45) is 5.41 Å². The van der Waals surface area contributed by atoms with E-state index in [1.807, 2.05) is 20.8 Å². The van der Waals surface area contributed by atoms with Crippen LogP contribution in [-0.2, 0) is 9.59 Å². The van der Waals surface area contributed by atoms with E-state index in [9.17, 15) is 9.59 Å². The Balaban J connectivity index is 2.62. The quantitative estimate of drug-likeness (QED) is 0.776. The summed E-state index contributed by atoms with van der Waals surface area (Å²) >= 11 is 0. The van der Waals surface area contributed by atoms with Crippen molar-refractivity contribution in [3.63, 3.8) is 0 Å². The average molecular weight is 263 g/mol. The summed E-state index contributed by atoms with van der Waals surface area (Å²) in [4.78, 5) is 23.2. The molecule has 0 saturated heterocycles. The van der Waals surface area contributed by atoms with Gasteiger partial charge in [0.05, 0.1) is 6.54 Å². The van der Waals surface area contributed by atoms with Crippen molar-refractivity contribution in [2.75, 3.05) is 24.2 Å². The first kappa shape index (κ1) is 15.2. The molecule has 104 valence electrons. The Labute approximate surface area is 113 Å². The first-order valence-corrected chi connectivity index (χ1v) is 6.19. The van der Waals surface area contributed by atoms with Crippen LogP contribution in [0.4, 0.5) is 11.4 Å². The van der Waals surface area contributed by atoms with Gasteiger partial charge in [-0.3, -0.25) is 9.59 Å². The van der Waals surface area contributed by atoms with Crippen molar-refractivity contribution in [3.8, 4) is 0 Å². The van der Waals surface area contributed by atoms with Crippen molar-refractivity contribution in [3.05, 3.63) is 24.3 Å². The summed E-state index contributed by atoms with van der Waals surface area (Å²) < 4.78 is 0. The summed E-state index contributed by atoms with van der Waals surface area (Å²) in [5, 5.41) is 8.34. The number of benzene rings is 1. The van der Waals surface area contributed by atoms with Crippen molar-refractivity contribution in [1.82, 2.24) is 5.32 Å². The van der Waals surface area contributed by atoms with Crippen LogP contribution in [0.3, 0.4) is 0 Å². The molecule has 0 spiro atoms. The van der Waals surface area contributed by atoms with Crippen LogP contribution in [0.25, 0.3) is 0 Å². The number of hydrogen-bond donors (Lipinski definition) is 3. The smallest absolute Gasteiger partial charge is 0.238 e. The number of carbonyl (C=O) groups excluding carboxylic acids is 2. The molecule has 0 heterocycles. The minimum Gasteiger partial charge on any atom is -0.326 e. The highest BCUT2D eigenvalue weighted by Gasteiger charge is 2.20. The van der Waals surface area contributed by atoms with Crippen LogP contribution < -0.4 is 16.0 Å². The number of rotatable bonds is 4. The first-order chi connectivity index (χ1) is 8.82. The fraction of sp³-hybridized carbons (Fsp3) is 0.429. The number of likely N-dealkylation sites (N-methyl/N-ethyl adjacent to an activating group) is 1. The number of nitrogens with one attached hydrogen (secondary N) is 3. The zero-order valence-electron chi connectivity index (χ0n) is 11.8. The monoisotopic (exact) mass is 263 g/mol. The van der Waals surface area contributed by atoms with Crippen LogP contribution >= 0.6 is 0 Å². The highest BCUT2D eigenvalue weighted by molar-refractivity contribution is 5.95. The van der Waals surface area contributed by atoms with E-state index >= 15 is 0 Å². The second-order valence-corrected chi connectivity index (χ2v) is 5.36.